The van der Waals surface area contributed by atoms with Gasteiger partial charge in [0.15, 0.2) is 18.1 Å². The fourth-order valence-electron chi connectivity index (χ4n) is 2.83. The standard InChI is InChI=1S/C23H31BrN2O3/c1-4-6-7-12-25-15-18-13-20(24)23(21(14-18)28-5-2)29-16-22(27)26-19-10-8-17(3)9-11-19/h8-11,13-14,25H,4-7,12,15-16H2,1-3H3,(H,26,27). The molecule has 1 amide bonds. The molecular weight excluding hydrogens is 432 g/mol. The Bertz CT molecular complexity index is 778. The smallest absolute Gasteiger partial charge is 0.262 e. The number of anilines is 1. The zero-order valence-electron chi connectivity index (χ0n) is 17.5. The third kappa shape index (κ3) is 8.07. The Morgan fingerprint density at radius 1 is 1.07 bits per heavy atom. The number of carbonyl (C=O) groups is 1. The van der Waals surface area contributed by atoms with Crippen molar-refractivity contribution < 1.29 is 14.3 Å². The van der Waals surface area contributed by atoms with Crippen molar-refractivity contribution in [1.82, 2.24) is 5.32 Å². The monoisotopic (exact) mass is 462 g/mol. The van der Waals surface area contributed by atoms with E-state index in [-0.39, 0.29) is 12.5 Å². The van der Waals surface area contributed by atoms with E-state index in [4.69, 9.17) is 9.47 Å². The maximum Gasteiger partial charge on any atom is 0.262 e. The molecule has 0 spiro atoms. The second-order valence-electron chi connectivity index (χ2n) is 6.92. The Morgan fingerprint density at radius 2 is 1.83 bits per heavy atom. The van der Waals surface area contributed by atoms with E-state index in [0.717, 1.165) is 34.4 Å². The van der Waals surface area contributed by atoms with Gasteiger partial charge in [-0.2, -0.15) is 0 Å². The molecule has 0 aliphatic rings. The largest absolute Gasteiger partial charge is 0.490 e. The van der Waals surface area contributed by atoms with Crippen LogP contribution in [0, 0.1) is 6.92 Å². The van der Waals surface area contributed by atoms with Crippen molar-refractivity contribution in [2.45, 2.75) is 46.6 Å². The third-order valence-electron chi connectivity index (χ3n) is 4.34. The van der Waals surface area contributed by atoms with E-state index in [0.29, 0.717) is 18.1 Å². The molecule has 2 aromatic carbocycles. The Morgan fingerprint density at radius 3 is 2.52 bits per heavy atom. The van der Waals surface area contributed by atoms with Crippen molar-refractivity contribution in [3.8, 4) is 11.5 Å². The number of aryl methyl sites for hydroxylation is 1. The first-order chi connectivity index (χ1) is 14.0. The summed E-state index contributed by atoms with van der Waals surface area (Å²) in [4.78, 5) is 12.2. The molecule has 2 aromatic rings. The molecule has 29 heavy (non-hydrogen) atoms. The number of nitrogens with one attached hydrogen (secondary N) is 2. The van der Waals surface area contributed by atoms with Crippen molar-refractivity contribution in [1.29, 1.82) is 0 Å². The van der Waals surface area contributed by atoms with Crippen LogP contribution in [0.15, 0.2) is 40.9 Å². The molecule has 0 radical (unpaired) electrons. The minimum atomic E-state index is -0.218. The van der Waals surface area contributed by atoms with Crippen molar-refractivity contribution >= 4 is 27.5 Å². The van der Waals surface area contributed by atoms with Gasteiger partial charge >= 0.3 is 0 Å². The fourth-order valence-corrected chi connectivity index (χ4v) is 3.43. The fraction of sp³-hybridized carbons (Fsp3) is 0.435. The molecular formula is C23H31BrN2O3. The van der Waals surface area contributed by atoms with Crippen LogP contribution < -0.4 is 20.1 Å². The summed E-state index contributed by atoms with van der Waals surface area (Å²) in [6.45, 7) is 8.31. The lowest BCUT2D eigenvalue weighted by molar-refractivity contribution is -0.118. The molecule has 6 heteroatoms. The van der Waals surface area contributed by atoms with E-state index in [1.54, 1.807) is 0 Å². The second kappa shape index (κ2) is 12.5. The number of hydrogen-bond donors (Lipinski definition) is 2. The minimum Gasteiger partial charge on any atom is -0.490 e. The van der Waals surface area contributed by atoms with Gasteiger partial charge in [0, 0.05) is 12.2 Å². The molecule has 2 N–H and O–H groups in total. The Labute approximate surface area is 182 Å². The molecule has 0 heterocycles. The minimum absolute atomic E-state index is 0.0961. The van der Waals surface area contributed by atoms with Crippen LogP contribution in [0.4, 0.5) is 5.69 Å². The highest BCUT2D eigenvalue weighted by molar-refractivity contribution is 9.10. The molecule has 158 valence electrons. The SMILES string of the molecule is CCCCCNCc1cc(Br)c(OCC(=O)Nc2ccc(C)cc2)c(OCC)c1. The Hall–Kier alpha value is -2.05. The number of amides is 1. The summed E-state index contributed by atoms with van der Waals surface area (Å²) in [6, 6.07) is 11.6. The van der Waals surface area contributed by atoms with Crippen LogP contribution in [0.2, 0.25) is 0 Å². The van der Waals surface area contributed by atoms with E-state index in [9.17, 15) is 4.79 Å². The second-order valence-corrected chi connectivity index (χ2v) is 7.78. The predicted octanol–water partition coefficient (Wildman–Crippen LogP) is 5.45. The highest BCUT2D eigenvalue weighted by Gasteiger charge is 2.14. The van der Waals surface area contributed by atoms with Crippen LogP contribution in [-0.2, 0) is 11.3 Å². The van der Waals surface area contributed by atoms with Crippen LogP contribution in [0.5, 0.6) is 11.5 Å². The van der Waals surface area contributed by atoms with Gasteiger partial charge in [0.2, 0.25) is 0 Å². The molecule has 0 saturated carbocycles. The molecule has 0 unspecified atom stereocenters. The lowest BCUT2D eigenvalue weighted by Crippen LogP contribution is -2.20. The van der Waals surface area contributed by atoms with Gasteiger partial charge in [-0.15, -0.1) is 0 Å². The van der Waals surface area contributed by atoms with Crippen molar-refractivity contribution in [2.24, 2.45) is 0 Å². The average Bonchev–Trinajstić information content (AvgIpc) is 2.69. The number of carbonyl (C=O) groups excluding carboxylic acids is 1. The molecule has 0 aliphatic carbocycles. The summed E-state index contributed by atoms with van der Waals surface area (Å²) in [5.74, 6) is 0.959. The number of hydrogen-bond acceptors (Lipinski definition) is 4. The summed E-state index contributed by atoms with van der Waals surface area (Å²) in [5, 5.41) is 6.29. The van der Waals surface area contributed by atoms with E-state index in [1.165, 1.54) is 19.3 Å². The van der Waals surface area contributed by atoms with Gasteiger partial charge in [0.05, 0.1) is 11.1 Å². The summed E-state index contributed by atoms with van der Waals surface area (Å²) in [6.07, 6.45) is 3.62. The van der Waals surface area contributed by atoms with Crippen LogP contribution in [0.3, 0.4) is 0 Å². The molecule has 0 aliphatic heterocycles. The number of halogens is 1. The van der Waals surface area contributed by atoms with Crippen LogP contribution in [-0.4, -0.2) is 25.7 Å². The number of ether oxygens (including phenoxy) is 2. The zero-order valence-corrected chi connectivity index (χ0v) is 19.1. The van der Waals surface area contributed by atoms with E-state index in [1.807, 2.05) is 50.2 Å². The number of benzene rings is 2. The summed E-state index contributed by atoms with van der Waals surface area (Å²) < 4.78 is 12.3. The molecule has 0 bridgehead atoms. The molecule has 0 fully saturated rings. The molecule has 0 atom stereocenters. The van der Waals surface area contributed by atoms with E-state index in [2.05, 4.69) is 33.5 Å². The van der Waals surface area contributed by atoms with E-state index >= 15 is 0 Å². The van der Waals surface area contributed by atoms with Gasteiger partial charge in [0.1, 0.15) is 0 Å². The van der Waals surface area contributed by atoms with Crippen LogP contribution in [0.1, 0.15) is 44.2 Å². The maximum atomic E-state index is 12.2. The van der Waals surface area contributed by atoms with Crippen LogP contribution in [0.25, 0.3) is 0 Å². The first kappa shape index (κ1) is 23.2. The van der Waals surface area contributed by atoms with Gasteiger partial charge in [0.25, 0.3) is 5.91 Å². The maximum absolute atomic E-state index is 12.2. The topological polar surface area (TPSA) is 59.6 Å². The van der Waals surface area contributed by atoms with Crippen LogP contribution >= 0.6 is 15.9 Å². The van der Waals surface area contributed by atoms with Gasteiger partial charge in [-0.05, 0) is 72.6 Å². The summed E-state index contributed by atoms with van der Waals surface area (Å²) >= 11 is 3.56. The van der Waals surface area contributed by atoms with Crippen molar-refractivity contribution in [3.63, 3.8) is 0 Å². The van der Waals surface area contributed by atoms with Gasteiger partial charge in [-0.25, -0.2) is 0 Å². The normalized spacial score (nSPS) is 10.6. The van der Waals surface area contributed by atoms with Crippen molar-refractivity contribution in [2.75, 3.05) is 25.1 Å². The Kier molecular flexibility index (Phi) is 10.0. The highest BCUT2D eigenvalue weighted by atomic mass is 79.9. The summed E-state index contributed by atoms with van der Waals surface area (Å²) in [5.41, 5.74) is 3.00. The molecule has 5 nitrogen and oxygen atoms in total. The Balaban J connectivity index is 1.97. The lowest BCUT2D eigenvalue weighted by Gasteiger charge is -2.16. The predicted molar refractivity (Wildman–Crippen MR) is 122 cm³/mol. The average molecular weight is 463 g/mol. The van der Waals surface area contributed by atoms with Gasteiger partial charge in [-0.1, -0.05) is 37.5 Å². The number of rotatable bonds is 12. The quantitative estimate of drug-likeness (QED) is 0.411. The number of unbranched alkanes of at least 4 members (excludes halogenated alkanes) is 2. The highest BCUT2D eigenvalue weighted by Crippen LogP contribution is 2.37. The van der Waals surface area contributed by atoms with E-state index < -0.39 is 0 Å². The molecule has 0 saturated heterocycles. The first-order valence-electron chi connectivity index (χ1n) is 10.2. The first-order valence-corrected chi connectivity index (χ1v) is 11.0. The third-order valence-corrected chi connectivity index (χ3v) is 4.93. The van der Waals surface area contributed by atoms with Gasteiger partial charge in [-0.3, -0.25) is 4.79 Å². The molecule has 2 rings (SSSR count). The van der Waals surface area contributed by atoms with Gasteiger partial charge < -0.3 is 20.1 Å². The molecule has 0 aromatic heterocycles. The lowest BCUT2D eigenvalue weighted by atomic mass is 10.2. The summed E-state index contributed by atoms with van der Waals surface area (Å²) in [7, 11) is 0. The zero-order chi connectivity index (χ0) is 21.1. The van der Waals surface area contributed by atoms with Crippen molar-refractivity contribution in [3.05, 3.63) is 52.0 Å².